The highest BCUT2D eigenvalue weighted by Gasteiger charge is 2.13. The van der Waals surface area contributed by atoms with Gasteiger partial charge in [0.1, 0.15) is 0 Å². The molecule has 0 unspecified atom stereocenters. The van der Waals surface area contributed by atoms with E-state index < -0.39 is 5.82 Å². The highest BCUT2D eigenvalue weighted by atomic mass is 79.9. The molecule has 1 rings (SSSR count). The lowest BCUT2D eigenvalue weighted by Crippen LogP contribution is -2.08. The molecule has 2 nitrogen and oxygen atoms in total. The van der Waals surface area contributed by atoms with E-state index in [1.807, 2.05) is 0 Å². The van der Waals surface area contributed by atoms with Gasteiger partial charge in [-0.25, -0.2) is 4.39 Å². The number of hydrogen-bond donors (Lipinski definition) is 0. The Bertz CT molecular complexity index is 382. The fraction of sp³-hybridized carbons (Fsp3) is 0.300. The van der Waals surface area contributed by atoms with Crippen molar-refractivity contribution < 1.29 is 13.9 Å². The van der Waals surface area contributed by atoms with Crippen molar-refractivity contribution in [1.82, 2.24) is 0 Å². The van der Waals surface area contributed by atoms with Gasteiger partial charge in [-0.05, 0) is 34.5 Å². The molecule has 0 aromatic heterocycles. The predicted molar refractivity (Wildman–Crippen MR) is 59.4 cm³/mol. The number of carbonyl (C=O) groups excluding carboxylic acids is 1. The van der Waals surface area contributed by atoms with E-state index in [0.29, 0.717) is 12.2 Å². The molecule has 0 amide bonds. The number of hydrogen-bond acceptors (Lipinski definition) is 2. The van der Waals surface area contributed by atoms with E-state index >= 15 is 0 Å². The van der Waals surface area contributed by atoms with Crippen LogP contribution in [-0.2, 0) is 16.0 Å². The molecule has 0 bridgehead atoms. The molecular formula is C10H9BrClFO2. The summed E-state index contributed by atoms with van der Waals surface area (Å²) in [5.41, 5.74) is 0.523. The van der Waals surface area contributed by atoms with Crippen molar-refractivity contribution in [3.63, 3.8) is 0 Å². The summed E-state index contributed by atoms with van der Waals surface area (Å²) in [4.78, 5) is 11.2. The van der Waals surface area contributed by atoms with E-state index in [0.717, 1.165) is 0 Å². The Kier molecular flexibility index (Phi) is 4.54. The molecule has 0 heterocycles. The van der Waals surface area contributed by atoms with Gasteiger partial charge in [-0.15, -0.1) is 0 Å². The van der Waals surface area contributed by atoms with Crippen molar-refractivity contribution in [2.45, 2.75) is 13.3 Å². The maximum Gasteiger partial charge on any atom is 0.310 e. The average molecular weight is 296 g/mol. The monoisotopic (exact) mass is 294 g/mol. The van der Waals surface area contributed by atoms with E-state index in [-0.39, 0.29) is 21.9 Å². The third-order valence-corrected chi connectivity index (χ3v) is 2.90. The molecule has 0 aliphatic rings. The van der Waals surface area contributed by atoms with Crippen LogP contribution in [0.5, 0.6) is 0 Å². The second-order valence-corrected chi connectivity index (χ2v) is 4.02. The number of rotatable bonds is 3. The van der Waals surface area contributed by atoms with E-state index in [1.54, 1.807) is 13.0 Å². The third-order valence-electron chi connectivity index (χ3n) is 1.76. The summed E-state index contributed by atoms with van der Waals surface area (Å²) in [5.74, 6) is -0.946. The summed E-state index contributed by atoms with van der Waals surface area (Å²) < 4.78 is 18.3. The Labute approximate surface area is 101 Å². The first-order chi connectivity index (χ1) is 7.06. The lowest BCUT2D eigenvalue weighted by molar-refractivity contribution is -0.142. The van der Waals surface area contributed by atoms with Gasteiger partial charge in [0, 0.05) is 0 Å². The molecule has 0 fully saturated rings. The second kappa shape index (κ2) is 5.47. The standard InChI is InChI=1S/C10H9BrClFO2/c1-2-15-8(14)5-6-3-4-7(12)10(13)9(6)11/h3-4H,2,5H2,1H3. The Morgan fingerprint density at radius 3 is 2.87 bits per heavy atom. The molecule has 5 heteroatoms. The molecule has 82 valence electrons. The molecule has 1 aromatic rings. The van der Waals surface area contributed by atoms with Crippen LogP contribution < -0.4 is 0 Å². The Hall–Kier alpha value is -0.610. The molecule has 1 aromatic carbocycles. The minimum atomic E-state index is -0.557. The van der Waals surface area contributed by atoms with Crippen LogP contribution in [0, 0.1) is 5.82 Å². The Morgan fingerprint density at radius 1 is 1.60 bits per heavy atom. The number of carbonyl (C=O) groups is 1. The van der Waals surface area contributed by atoms with Gasteiger partial charge in [0.2, 0.25) is 0 Å². The van der Waals surface area contributed by atoms with E-state index in [2.05, 4.69) is 15.9 Å². The Balaban J connectivity index is 2.87. The van der Waals surface area contributed by atoms with Crippen LogP contribution in [0.15, 0.2) is 16.6 Å². The molecular weight excluding hydrogens is 286 g/mol. The summed E-state index contributed by atoms with van der Waals surface area (Å²) in [6.07, 6.45) is 0.0303. The molecule has 15 heavy (non-hydrogen) atoms. The lowest BCUT2D eigenvalue weighted by Gasteiger charge is -2.06. The van der Waals surface area contributed by atoms with Crippen LogP contribution in [0.3, 0.4) is 0 Å². The highest BCUT2D eigenvalue weighted by Crippen LogP contribution is 2.27. The smallest absolute Gasteiger partial charge is 0.310 e. The molecule has 0 spiro atoms. The number of ether oxygens (including phenoxy) is 1. The second-order valence-electron chi connectivity index (χ2n) is 2.82. The van der Waals surface area contributed by atoms with Crippen LogP contribution in [0.4, 0.5) is 4.39 Å². The van der Waals surface area contributed by atoms with Gasteiger partial charge in [0.15, 0.2) is 5.82 Å². The first-order valence-corrected chi connectivity index (χ1v) is 5.51. The van der Waals surface area contributed by atoms with Crippen molar-refractivity contribution in [1.29, 1.82) is 0 Å². The minimum absolute atomic E-state index is 0.0227. The van der Waals surface area contributed by atoms with Crippen molar-refractivity contribution in [3.8, 4) is 0 Å². The zero-order chi connectivity index (χ0) is 11.4. The van der Waals surface area contributed by atoms with Crippen LogP contribution in [0.2, 0.25) is 5.02 Å². The van der Waals surface area contributed by atoms with E-state index in [1.165, 1.54) is 6.07 Å². The van der Waals surface area contributed by atoms with Gasteiger partial charge in [0.25, 0.3) is 0 Å². The molecule has 0 atom stereocenters. The topological polar surface area (TPSA) is 26.3 Å². The van der Waals surface area contributed by atoms with Gasteiger partial charge in [0.05, 0.1) is 22.5 Å². The number of esters is 1. The largest absolute Gasteiger partial charge is 0.466 e. The first-order valence-electron chi connectivity index (χ1n) is 4.34. The summed E-state index contributed by atoms with van der Waals surface area (Å²) >= 11 is 8.61. The molecule has 0 saturated heterocycles. The van der Waals surface area contributed by atoms with E-state index in [4.69, 9.17) is 16.3 Å². The fourth-order valence-electron chi connectivity index (χ4n) is 1.07. The number of benzene rings is 1. The van der Waals surface area contributed by atoms with Crippen LogP contribution in [0.1, 0.15) is 12.5 Å². The van der Waals surface area contributed by atoms with Gasteiger partial charge in [-0.1, -0.05) is 17.7 Å². The van der Waals surface area contributed by atoms with Gasteiger partial charge >= 0.3 is 5.97 Å². The lowest BCUT2D eigenvalue weighted by atomic mass is 10.1. The van der Waals surface area contributed by atoms with Crippen molar-refractivity contribution in [2.75, 3.05) is 6.61 Å². The van der Waals surface area contributed by atoms with Crippen LogP contribution in [-0.4, -0.2) is 12.6 Å². The maximum atomic E-state index is 13.3. The minimum Gasteiger partial charge on any atom is -0.466 e. The van der Waals surface area contributed by atoms with Crippen molar-refractivity contribution in [2.24, 2.45) is 0 Å². The fourth-order valence-corrected chi connectivity index (χ4v) is 1.83. The zero-order valence-electron chi connectivity index (χ0n) is 8.02. The van der Waals surface area contributed by atoms with Crippen molar-refractivity contribution >= 4 is 33.5 Å². The quantitative estimate of drug-likeness (QED) is 0.631. The predicted octanol–water partition coefficient (Wildman–Crippen LogP) is 3.35. The maximum absolute atomic E-state index is 13.3. The van der Waals surface area contributed by atoms with E-state index in [9.17, 15) is 9.18 Å². The normalized spacial score (nSPS) is 10.1. The van der Waals surface area contributed by atoms with Gasteiger partial charge in [-0.2, -0.15) is 0 Å². The SMILES string of the molecule is CCOC(=O)Cc1ccc(Cl)c(F)c1Br. The summed E-state index contributed by atoms with van der Waals surface area (Å²) in [5, 5.41) is 0.0227. The van der Waals surface area contributed by atoms with Gasteiger partial charge in [-0.3, -0.25) is 4.79 Å². The third kappa shape index (κ3) is 3.18. The highest BCUT2D eigenvalue weighted by molar-refractivity contribution is 9.10. The van der Waals surface area contributed by atoms with Crippen molar-refractivity contribution in [3.05, 3.63) is 33.0 Å². The van der Waals surface area contributed by atoms with Gasteiger partial charge < -0.3 is 4.74 Å². The summed E-state index contributed by atoms with van der Waals surface area (Å²) in [6, 6.07) is 3.00. The molecule has 0 aliphatic carbocycles. The number of halogens is 3. The molecule has 0 radical (unpaired) electrons. The Morgan fingerprint density at radius 2 is 2.27 bits per heavy atom. The zero-order valence-corrected chi connectivity index (χ0v) is 10.4. The first kappa shape index (κ1) is 12.5. The summed E-state index contributed by atoms with van der Waals surface area (Å²) in [7, 11) is 0. The van der Waals surface area contributed by atoms with Crippen LogP contribution >= 0.6 is 27.5 Å². The van der Waals surface area contributed by atoms with Crippen LogP contribution in [0.25, 0.3) is 0 Å². The molecule has 0 aliphatic heterocycles. The molecule has 0 N–H and O–H groups in total. The average Bonchev–Trinajstić information content (AvgIpc) is 2.20. The summed E-state index contributed by atoms with van der Waals surface area (Å²) in [6.45, 7) is 2.03. The molecule has 0 saturated carbocycles.